The Morgan fingerprint density at radius 2 is 1.67 bits per heavy atom. The highest BCUT2D eigenvalue weighted by molar-refractivity contribution is 4.68. The third-order valence-corrected chi connectivity index (χ3v) is 1.87. The van der Waals surface area contributed by atoms with E-state index in [1.54, 1.807) is 0 Å². The summed E-state index contributed by atoms with van der Waals surface area (Å²) in [5, 5.41) is 23.7. The summed E-state index contributed by atoms with van der Waals surface area (Å²) < 4.78 is 0. The maximum Gasteiger partial charge on any atom is 0.0542 e. The van der Waals surface area contributed by atoms with E-state index in [1.165, 1.54) is 0 Å². The van der Waals surface area contributed by atoms with Crippen molar-refractivity contribution in [1.82, 2.24) is 10.6 Å². The Kier molecular flexibility index (Phi) is 7.39. The smallest absolute Gasteiger partial charge is 0.0542 e. The highest BCUT2D eigenvalue weighted by Gasteiger charge is 2.08. The van der Waals surface area contributed by atoms with Crippen molar-refractivity contribution in [1.29, 1.82) is 0 Å². The number of hydrogen-bond acceptors (Lipinski definition) is 4. The van der Waals surface area contributed by atoms with Crippen LogP contribution in [0, 0.1) is 0 Å². The van der Waals surface area contributed by atoms with E-state index >= 15 is 0 Å². The largest absolute Gasteiger partial charge is 0.396 e. The predicted molar refractivity (Wildman–Crippen MR) is 48.9 cm³/mol. The zero-order valence-corrected chi connectivity index (χ0v) is 7.88. The van der Waals surface area contributed by atoms with Crippen molar-refractivity contribution in [2.24, 2.45) is 0 Å². The molecule has 12 heavy (non-hydrogen) atoms. The van der Waals surface area contributed by atoms with Crippen molar-refractivity contribution in [2.75, 3.05) is 20.3 Å². The molecule has 0 radical (unpaired) electrons. The second-order valence-corrected chi connectivity index (χ2v) is 2.90. The number of aliphatic hydroxyl groups excluding tert-OH is 2. The van der Waals surface area contributed by atoms with Crippen LogP contribution in [0.25, 0.3) is 0 Å². The van der Waals surface area contributed by atoms with E-state index in [4.69, 9.17) is 10.2 Å². The van der Waals surface area contributed by atoms with E-state index in [2.05, 4.69) is 10.6 Å². The first kappa shape index (κ1) is 11.8. The molecule has 0 aromatic heterocycles. The fraction of sp³-hybridized carbons (Fsp3) is 1.00. The lowest BCUT2D eigenvalue weighted by Gasteiger charge is -2.21. The lowest BCUT2D eigenvalue weighted by molar-refractivity contribution is 0.218. The molecule has 1 unspecified atom stereocenters. The van der Waals surface area contributed by atoms with Crippen LogP contribution in [0.15, 0.2) is 0 Å². The van der Waals surface area contributed by atoms with Gasteiger partial charge in [0, 0.05) is 19.3 Å². The fourth-order valence-electron chi connectivity index (χ4n) is 1.06. The summed E-state index contributed by atoms with van der Waals surface area (Å²) in [4.78, 5) is 0. The van der Waals surface area contributed by atoms with Gasteiger partial charge >= 0.3 is 0 Å². The summed E-state index contributed by atoms with van der Waals surface area (Å²) in [5.74, 6) is 0. The predicted octanol–water partition coefficient (Wildman–Crippen LogP) is -0.725. The van der Waals surface area contributed by atoms with Crippen molar-refractivity contribution in [3.63, 3.8) is 0 Å². The minimum Gasteiger partial charge on any atom is -0.396 e. The summed E-state index contributed by atoms with van der Waals surface area (Å²) in [5.41, 5.74) is 0. The minimum atomic E-state index is 0.161. The molecule has 0 fully saturated rings. The monoisotopic (exact) mass is 176 g/mol. The highest BCUT2D eigenvalue weighted by Crippen LogP contribution is 1.97. The zero-order valence-electron chi connectivity index (χ0n) is 7.88. The molecule has 0 aliphatic carbocycles. The summed E-state index contributed by atoms with van der Waals surface area (Å²) >= 11 is 0. The first-order valence-electron chi connectivity index (χ1n) is 4.39. The molecule has 0 spiro atoms. The molecule has 0 amide bonds. The topological polar surface area (TPSA) is 64.5 Å². The SMILES string of the molecule is CNC(C)NC(CCO)CCO. The molecular weight excluding hydrogens is 156 g/mol. The van der Waals surface area contributed by atoms with Crippen LogP contribution in [-0.2, 0) is 0 Å². The van der Waals surface area contributed by atoms with Gasteiger partial charge in [-0.3, -0.25) is 5.32 Å². The van der Waals surface area contributed by atoms with Crippen molar-refractivity contribution in [3.05, 3.63) is 0 Å². The number of nitrogens with one attached hydrogen (secondary N) is 2. The average molecular weight is 176 g/mol. The molecule has 0 rings (SSSR count). The first-order valence-corrected chi connectivity index (χ1v) is 4.39. The van der Waals surface area contributed by atoms with E-state index in [0.29, 0.717) is 12.8 Å². The molecule has 0 aliphatic rings. The van der Waals surface area contributed by atoms with E-state index < -0.39 is 0 Å². The van der Waals surface area contributed by atoms with Gasteiger partial charge < -0.3 is 15.5 Å². The summed E-state index contributed by atoms with van der Waals surface area (Å²) in [6, 6.07) is 0.197. The molecule has 0 aromatic carbocycles. The third kappa shape index (κ3) is 5.49. The van der Waals surface area contributed by atoms with Crippen LogP contribution in [0.3, 0.4) is 0 Å². The van der Waals surface area contributed by atoms with Gasteiger partial charge in [0.1, 0.15) is 0 Å². The summed E-state index contributed by atoms with van der Waals surface area (Å²) in [6.45, 7) is 2.32. The molecule has 4 nitrogen and oxygen atoms in total. The van der Waals surface area contributed by atoms with Gasteiger partial charge in [-0.15, -0.1) is 0 Å². The van der Waals surface area contributed by atoms with E-state index in [1.807, 2.05) is 14.0 Å². The minimum absolute atomic E-state index is 0.161. The van der Waals surface area contributed by atoms with Crippen molar-refractivity contribution >= 4 is 0 Å². The fourth-order valence-corrected chi connectivity index (χ4v) is 1.06. The van der Waals surface area contributed by atoms with Crippen LogP contribution in [0.4, 0.5) is 0 Å². The third-order valence-electron chi connectivity index (χ3n) is 1.87. The Morgan fingerprint density at radius 1 is 1.17 bits per heavy atom. The molecule has 0 saturated heterocycles. The Morgan fingerprint density at radius 3 is 2.00 bits per heavy atom. The van der Waals surface area contributed by atoms with Gasteiger partial charge in [0.25, 0.3) is 0 Å². The first-order chi connectivity index (χ1) is 5.74. The molecule has 0 saturated carbocycles. The van der Waals surface area contributed by atoms with Crippen LogP contribution >= 0.6 is 0 Å². The molecule has 1 atom stereocenters. The number of aliphatic hydroxyl groups is 2. The van der Waals surface area contributed by atoms with Crippen LogP contribution in [0.1, 0.15) is 19.8 Å². The molecule has 4 heteroatoms. The van der Waals surface area contributed by atoms with Gasteiger partial charge in [0.05, 0.1) is 6.17 Å². The maximum absolute atomic E-state index is 8.71. The lowest BCUT2D eigenvalue weighted by Crippen LogP contribution is -2.44. The molecule has 0 bridgehead atoms. The average Bonchev–Trinajstić information content (AvgIpc) is 2.05. The molecule has 4 N–H and O–H groups in total. The summed E-state index contributed by atoms with van der Waals surface area (Å²) in [7, 11) is 1.87. The molecule has 74 valence electrons. The van der Waals surface area contributed by atoms with Gasteiger partial charge in [-0.2, -0.15) is 0 Å². The number of rotatable bonds is 7. The van der Waals surface area contributed by atoms with Gasteiger partial charge in [0.15, 0.2) is 0 Å². The Labute approximate surface area is 74.0 Å². The van der Waals surface area contributed by atoms with Crippen molar-refractivity contribution in [2.45, 2.75) is 32.0 Å². The van der Waals surface area contributed by atoms with Crippen LogP contribution in [0.5, 0.6) is 0 Å². The van der Waals surface area contributed by atoms with E-state index in [9.17, 15) is 0 Å². The molecule has 0 aliphatic heterocycles. The van der Waals surface area contributed by atoms with Gasteiger partial charge in [-0.05, 0) is 26.8 Å². The maximum atomic E-state index is 8.71. The number of hydrogen-bond donors (Lipinski definition) is 4. The van der Waals surface area contributed by atoms with Crippen LogP contribution in [0.2, 0.25) is 0 Å². The Balaban J connectivity index is 3.61. The van der Waals surface area contributed by atoms with Crippen molar-refractivity contribution in [3.8, 4) is 0 Å². The second kappa shape index (κ2) is 7.49. The highest BCUT2D eigenvalue weighted by atomic mass is 16.3. The Hall–Kier alpha value is -0.160. The normalized spacial score (nSPS) is 13.8. The molecule has 0 aromatic rings. The van der Waals surface area contributed by atoms with Gasteiger partial charge in [0.2, 0.25) is 0 Å². The zero-order chi connectivity index (χ0) is 9.40. The van der Waals surface area contributed by atoms with E-state index in [0.717, 1.165) is 0 Å². The summed E-state index contributed by atoms with van der Waals surface area (Å²) in [6.07, 6.45) is 1.59. The van der Waals surface area contributed by atoms with Gasteiger partial charge in [-0.25, -0.2) is 0 Å². The standard InChI is InChI=1S/C8H20N2O2/c1-7(9-2)10-8(3-5-11)4-6-12/h7-12H,3-6H2,1-2H3. The van der Waals surface area contributed by atoms with Gasteiger partial charge in [-0.1, -0.05) is 0 Å². The lowest BCUT2D eigenvalue weighted by atomic mass is 10.1. The Bertz CT molecular complexity index is 95.1. The molecular formula is C8H20N2O2. The van der Waals surface area contributed by atoms with Crippen LogP contribution in [-0.4, -0.2) is 42.7 Å². The van der Waals surface area contributed by atoms with E-state index in [-0.39, 0.29) is 25.4 Å². The van der Waals surface area contributed by atoms with Crippen molar-refractivity contribution < 1.29 is 10.2 Å². The molecule has 0 heterocycles. The van der Waals surface area contributed by atoms with Crippen LogP contribution < -0.4 is 10.6 Å². The second-order valence-electron chi connectivity index (χ2n) is 2.90. The quantitative estimate of drug-likeness (QED) is 0.386.